The van der Waals surface area contributed by atoms with Gasteiger partial charge in [0, 0.05) is 11.1 Å². The zero-order valence-corrected chi connectivity index (χ0v) is 17.5. The highest BCUT2D eigenvalue weighted by atomic mass is 16.5. The van der Waals surface area contributed by atoms with Gasteiger partial charge in [0.2, 0.25) is 0 Å². The lowest BCUT2D eigenvalue weighted by atomic mass is 9.98. The van der Waals surface area contributed by atoms with Crippen LogP contribution in [0.15, 0.2) is 86.0 Å². The van der Waals surface area contributed by atoms with E-state index >= 15 is 0 Å². The Morgan fingerprint density at radius 2 is 1.13 bits per heavy atom. The molecule has 0 aliphatic heterocycles. The van der Waals surface area contributed by atoms with Gasteiger partial charge in [0.15, 0.2) is 0 Å². The predicted molar refractivity (Wildman–Crippen MR) is 121 cm³/mol. The molecule has 0 fully saturated rings. The average molecular weight is 402 g/mol. The Balaban J connectivity index is 2.44. The summed E-state index contributed by atoms with van der Waals surface area (Å²) >= 11 is 0. The smallest absolute Gasteiger partial charge is 0.338 e. The minimum absolute atomic E-state index is 0.331. The standard InChI is InChI=1S/C26H26O4/c1-7-9-21-15-19(11-13-23(21)29-25(27)17(3)4)20-12-14-24(22(16-20)10-8-2)30-26(28)18(5)6/h7-8,11-16H,1-3,5,9-10H2,4,6H3. The maximum Gasteiger partial charge on any atom is 0.338 e. The summed E-state index contributed by atoms with van der Waals surface area (Å²) in [5.41, 5.74) is 4.20. The molecule has 0 amide bonds. The largest absolute Gasteiger partial charge is 0.423 e. The SMILES string of the molecule is C=CCc1cc(-c2ccc(OC(=O)C(=C)C)c(CC=C)c2)ccc1OC(=O)C(=C)C. The van der Waals surface area contributed by atoms with Gasteiger partial charge >= 0.3 is 11.9 Å². The molecule has 4 nitrogen and oxygen atoms in total. The molecule has 0 saturated carbocycles. The number of carbonyl (C=O) groups excluding carboxylic acids is 2. The lowest BCUT2D eigenvalue weighted by molar-refractivity contribution is -0.131. The van der Waals surface area contributed by atoms with Crippen LogP contribution in [-0.2, 0) is 22.4 Å². The third-order valence-corrected chi connectivity index (χ3v) is 4.29. The Kier molecular flexibility index (Phi) is 7.70. The third-order valence-electron chi connectivity index (χ3n) is 4.29. The summed E-state index contributed by atoms with van der Waals surface area (Å²) in [4.78, 5) is 23.8. The molecule has 4 heteroatoms. The molecular weight excluding hydrogens is 376 g/mol. The Bertz CT molecular complexity index is 944. The summed E-state index contributed by atoms with van der Waals surface area (Å²) in [5, 5.41) is 0. The highest BCUT2D eigenvalue weighted by molar-refractivity contribution is 5.89. The van der Waals surface area contributed by atoms with Crippen LogP contribution in [0, 0.1) is 0 Å². The molecule has 2 aromatic rings. The first-order valence-corrected chi connectivity index (χ1v) is 9.50. The van der Waals surface area contributed by atoms with Gasteiger partial charge in [-0.15, -0.1) is 13.2 Å². The van der Waals surface area contributed by atoms with E-state index in [1.165, 1.54) is 0 Å². The highest BCUT2D eigenvalue weighted by Gasteiger charge is 2.14. The van der Waals surface area contributed by atoms with Crippen LogP contribution in [-0.4, -0.2) is 11.9 Å². The summed E-state index contributed by atoms with van der Waals surface area (Å²) in [5.74, 6) is 0.0185. The van der Waals surface area contributed by atoms with Crippen LogP contribution in [0.5, 0.6) is 11.5 Å². The molecule has 0 unspecified atom stereocenters. The van der Waals surface area contributed by atoms with Gasteiger partial charge in [-0.25, -0.2) is 9.59 Å². The van der Waals surface area contributed by atoms with E-state index in [2.05, 4.69) is 26.3 Å². The first kappa shape index (κ1) is 22.6. The van der Waals surface area contributed by atoms with E-state index < -0.39 is 11.9 Å². The zero-order valence-electron chi connectivity index (χ0n) is 17.5. The zero-order chi connectivity index (χ0) is 22.3. The Labute approximate surface area is 177 Å². The fourth-order valence-electron chi connectivity index (χ4n) is 2.72. The van der Waals surface area contributed by atoms with Crippen LogP contribution >= 0.6 is 0 Å². The van der Waals surface area contributed by atoms with Crippen molar-refractivity contribution in [2.24, 2.45) is 0 Å². The number of benzene rings is 2. The molecule has 154 valence electrons. The van der Waals surface area contributed by atoms with Crippen molar-refractivity contribution in [3.8, 4) is 22.6 Å². The fraction of sp³-hybridized carbons (Fsp3) is 0.154. The van der Waals surface area contributed by atoms with E-state index in [9.17, 15) is 9.59 Å². The predicted octanol–water partition coefficient (Wildman–Crippen LogP) is 5.77. The molecule has 0 spiro atoms. The molecule has 0 heterocycles. The molecule has 0 saturated heterocycles. The molecule has 0 aliphatic rings. The monoisotopic (exact) mass is 402 g/mol. The van der Waals surface area contributed by atoms with Gasteiger partial charge in [-0.2, -0.15) is 0 Å². The van der Waals surface area contributed by atoms with E-state index in [1.807, 2.05) is 24.3 Å². The van der Waals surface area contributed by atoms with E-state index in [1.54, 1.807) is 38.1 Å². The summed E-state index contributed by atoms with van der Waals surface area (Å²) in [6.45, 7) is 18.0. The van der Waals surface area contributed by atoms with Gasteiger partial charge in [-0.3, -0.25) is 0 Å². The van der Waals surface area contributed by atoms with Crippen LogP contribution in [0.1, 0.15) is 25.0 Å². The number of hydrogen-bond donors (Lipinski definition) is 0. The number of rotatable bonds is 9. The van der Waals surface area contributed by atoms with Crippen LogP contribution < -0.4 is 9.47 Å². The van der Waals surface area contributed by atoms with E-state index in [0.29, 0.717) is 35.5 Å². The van der Waals surface area contributed by atoms with Gasteiger partial charge in [0.1, 0.15) is 11.5 Å². The van der Waals surface area contributed by atoms with E-state index in [-0.39, 0.29) is 0 Å². The molecule has 0 aromatic heterocycles. The second-order valence-electron chi connectivity index (χ2n) is 6.97. The first-order valence-electron chi connectivity index (χ1n) is 9.50. The first-order chi connectivity index (χ1) is 14.3. The summed E-state index contributed by atoms with van der Waals surface area (Å²) < 4.78 is 10.9. The quantitative estimate of drug-likeness (QED) is 0.231. The molecule has 2 rings (SSSR count). The van der Waals surface area contributed by atoms with E-state index in [4.69, 9.17) is 9.47 Å². The molecule has 30 heavy (non-hydrogen) atoms. The molecular formula is C26H26O4. The van der Waals surface area contributed by atoms with Crippen molar-refractivity contribution >= 4 is 11.9 Å². The Morgan fingerprint density at radius 1 is 0.767 bits per heavy atom. The van der Waals surface area contributed by atoms with Crippen LogP contribution in [0.4, 0.5) is 0 Å². The highest BCUT2D eigenvalue weighted by Crippen LogP contribution is 2.31. The fourth-order valence-corrected chi connectivity index (χ4v) is 2.72. The average Bonchev–Trinajstić information content (AvgIpc) is 2.70. The third kappa shape index (κ3) is 5.67. The van der Waals surface area contributed by atoms with Crippen molar-refractivity contribution in [2.45, 2.75) is 26.7 Å². The minimum atomic E-state index is -0.468. The molecule has 0 radical (unpaired) electrons. The van der Waals surface area contributed by atoms with Crippen molar-refractivity contribution in [1.82, 2.24) is 0 Å². The van der Waals surface area contributed by atoms with Crippen molar-refractivity contribution < 1.29 is 19.1 Å². The molecule has 2 aromatic carbocycles. The second-order valence-corrected chi connectivity index (χ2v) is 6.97. The minimum Gasteiger partial charge on any atom is -0.423 e. The molecule has 0 aliphatic carbocycles. The van der Waals surface area contributed by atoms with Gasteiger partial charge in [-0.1, -0.05) is 37.4 Å². The normalized spacial score (nSPS) is 10.1. The van der Waals surface area contributed by atoms with Crippen molar-refractivity contribution in [1.29, 1.82) is 0 Å². The Morgan fingerprint density at radius 3 is 1.43 bits per heavy atom. The summed E-state index contributed by atoms with van der Waals surface area (Å²) in [6.07, 6.45) is 4.59. The lowest BCUT2D eigenvalue weighted by Crippen LogP contribution is -2.10. The van der Waals surface area contributed by atoms with E-state index in [0.717, 1.165) is 22.3 Å². The number of ether oxygens (including phenoxy) is 2. The van der Waals surface area contributed by atoms with Gasteiger partial charge < -0.3 is 9.47 Å². The molecule has 0 N–H and O–H groups in total. The number of allylic oxidation sites excluding steroid dienone is 2. The van der Waals surface area contributed by atoms with Crippen LogP contribution in [0.2, 0.25) is 0 Å². The Hall–Kier alpha value is -3.66. The van der Waals surface area contributed by atoms with Crippen molar-refractivity contribution in [2.75, 3.05) is 0 Å². The maximum absolute atomic E-state index is 11.9. The van der Waals surface area contributed by atoms with Gasteiger partial charge in [-0.05, 0) is 73.2 Å². The lowest BCUT2D eigenvalue weighted by Gasteiger charge is -2.14. The van der Waals surface area contributed by atoms with Crippen molar-refractivity contribution in [3.63, 3.8) is 0 Å². The molecule has 0 atom stereocenters. The number of esters is 2. The second kappa shape index (κ2) is 10.2. The molecule has 0 bridgehead atoms. The maximum atomic E-state index is 11.9. The van der Waals surface area contributed by atoms with Crippen LogP contribution in [0.25, 0.3) is 11.1 Å². The summed E-state index contributed by atoms with van der Waals surface area (Å²) in [7, 11) is 0. The van der Waals surface area contributed by atoms with Crippen LogP contribution in [0.3, 0.4) is 0 Å². The van der Waals surface area contributed by atoms with Gasteiger partial charge in [0.05, 0.1) is 0 Å². The van der Waals surface area contributed by atoms with Gasteiger partial charge in [0.25, 0.3) is 0 Å². The number of carbonyl (C=O) groups is 2. The topological polar surface area (TPSA) is 52.6 Å². The number of hydrogen-bond acceptors (Lipinski definition) is 4. The van der Waals surface area contributed by atoms with Crippen molar-refractivity contribution in [3.05, 3.63) is 97.1 Å². The summed E-state index contributed by atoms with van der Waals surface area (Å²) in [6, 6.07) is 11.2.